The second kappa shape index (κ2) is 8.14. The number of nitrogens with zero attached hydrogens (tertiary/aromatic N) is 1. The summed E-state index contributed by atoms with van der Waals surface area (Å²) in [6.45, 7) is 4.64. The van der Waals surface area contributed by atoms with E-state index in [4.69, 9.17) is 15.3 Å². The molecule has 140 valence electrons. The van der Waals surface area contributed by atoms with Crippen LogP contribution in [0.2, 0.25) is 0 Å². The Morgan fingerprint density at radius 1 is 0.889 bits per heavy atom. The number of ether oxygens (including phenoxy) is 2. The average Bonchev–Trinajstić information content (AvgIpc) is 2.68. The van der Waals surface area contributed by atoms with Gasteiger partial charge in [0.25, 0.3) is 0 Å². The third kappa shape index (κ3) is 4.23. The zero-order valence-electron chi connectivity index (χ0n) is 16.3. The summed E-state index contributed by atoms with van der Waals surface area (Å²) in [4.78, 5) is 0. The molecule has 4 heteroatoms. The van der Waals surface area contributed by atoms with E-state index in [0.29, 0.717) is 6.61 Å². The van der Waals surface area contributed by atoms with Gasteiger partial charge in [-0.3, -0.25) is 0 Å². The van der Waals surface area contributed by atoms with Gasteiger partial charge in [-0.05, 0) is 66.4 Å². The third-order valence-corrected chi connectivity index (χ3v) is 4.76. The summed E-state index contributed by atoms with van der Waals surface area (Å²) < 4.78 is 11.4. The fourth-order valence-corrected chi connectivity index (χ4v) is 3.13. The Labute approximate surface area is 161 Å². The molecule has 3 aromatic carbocycles. The first-order valence-corrected chi connectivity index (χ1v) is 8.94. The Morgan fingerprint density at radius 3 is 2.26 bits per heavy atom. The molecular weight excluding hydrogens is 336 g/mol. The van der Waals surface area contributed by atoms with Crippen molar-refractivity contribution in [1.82, 2.24) is 0 Å². The van der Waals surface area contributed by atoms with Gasteiger partial charge in [-0.1, -0.05) is 30.3 Å². The van der Waals surface area contributed by atoms with Crippen LogP contribution in [-0.2, 0) is 6.61 Å². The van der Waals surface area contributed by atoms with Crippen LogP contribution in [0.3, 0.4) is 0 Å². The molecule has 0 amide bonds. The van der Waals surface area contributed by atoms with Crippen LogP contribution in [0.1, 0.15) is 16.7 Å². The lowest BCUT2D eigenvalue weighted by molar-refractivity contribution is 0.305. The highest BCUT2D eigenvalue weighted by Crippen LogP contribution is 2.30. The molecule has 0 aliphatic rings. The molecule has 27 heavy (non-hydrogen) atoms. The summed E-state index contributed by atoms with van der Waals surface area (Å²) >= 11 is 0. The third-order valence-electron chi connectivity index (χ3n) is 4.76. The second-order valence-corrected chi connectivity index (χ2v) is 6.68. The molecule has 3 aromatic rings. The zero-order chi connectivity index (χ0) is 19.4. The maximum Gasteiger partial charge on any atom is 0.120 e. The molecule has 0 saturated heterocycles. The minimum absolute atomic E-state index is 0.467. The van der Waals surface area contributed by atoms with Crippen LogP contribution in [0.25, 0.3) is 11.1 Å². The summed E-state index contributed by atoms with van der Waals surface area (Å²) in [5.41, 5.74) is 6.71. The van der Waals surface area contributed by atoms with Crippen LogP contribution in [0.15, 0.2) is 60.7 Å². The number of hydrogen-bond acceptors (Lipinski definition) is 4. The highest BCUT2D eigenvalue weighted by Gasteiger charge is 2.10. The van der Waals surface area contributed by atoms with Crippen LogP contribution >= 0.6 is 0 Å². The average molecular weight is 362 g/mol. The topological polar surface area (TPSA) is 47.7 Å². The van der Waals surface area contributed by atoms with E-state index in [-0.39, 0.29) is 0 Å². The van der Waals surface area contributed by atoms with E-state index in [1.165, 1.54) is 5.56 Å². The molecule has 0 aliphatic carbocycles. The zero-order valence-corrected chi connectivity index (χ0v) is 16.3. The molecule has 0 aliphatic heterocycles. The van der Waals surface area contributed by atoms with Crippen molar-refractivity contribution in [3.05, 3.63) is 77.4 Å². The van der Waals surface area contributed by atoms with Crippen molar-refractivity contribution in [1.29, 1.82) is 0 Å². The smallest absolute Gasteiger partial charge is 0.120 e. The quantitative estimate of drug-likeness (QED) is 0.502. The van der Waals surface area contributed by atoms with Gasteiger partial charge in [-0.25, -0.2) is 5.84 Å². The predicted molar refractivity (Wildman–Crippen MR) is 111 cm³/mol. The van der Waals surface area contributed by atoms with Crippen LogP contribution in [0.4, 0.5) is 5.69 Å². The molecule has 3 rings (SSSR count). The normalized spacial score (nSPS) is 10.6. The minimum atomic E-state index is 0.467. The Balaban J connectivity index is 1.85. The molecule has 0 spiro atoms. The van der Waals surface area contributed by atoms with Crippen molar-refractivity contribution >= 4 is 5.69 Å². The first-order chi connectivity index (χ1) is 13.0. The molecule has 4 nitrogen and oxygen atoms in total. The fraction of sp³-hybridized carbons (Fsp3) is 0.217. The number of hydrogen-bond donors (Lipinski definition) is 1. The largest absolute Gasteiger partial charge is 0.497 e. The molecule has 2 N–H and O–H groups in total. The van der Waals surface area contributed by atoms with Crippen molar-refractivity contribution in [2.24, 2.45) is 5.84 Å². The maximum atomic E-state index is 6.12. The number of hydrazine groups is 1. The monoisotopic (exact) mass is 362 g/mol. The number of methoxy groups -OCH3 is 1. The van der Waals surface area contributed by atoms with Gasteiger partial charge in [-0.2, -0.15) is 0 Å². The van der Waals surface area contributed by atoms with Crippen molar-refractivity contribution in [3.63, 3.8) is 0 Å². The lowest BCUT2D eigenvalue weighted by Crippen LogP contribution is -2.26. The van der Waals surface area contributed by atoms with Gasteiger partial charge in [0.15, 0.2) is 0 Å². The predicted octanol–water partition coefficient (Wildman–Crippen LogP) is 4.87. The molecule has 0 aromatic heterocycles. The van der Waals surface area contributed by atoms with Crippen molar-refractivity contribution in [3.8, 4) is 22.6 Å². The Morgan fingerprint density at radius 2 is 1.59 bits per heavy atom. The summed E-state index contributed by atoms with van der Waals surface area (Å²) in [6.07, 6.45) is 0. The van der Waals surface area contributed by atoms with Crippen molar-refractivity contribution < 1.29 is 9.47 Å². The highest BCUT2D eigenvalue weighted by molar-refractivity contribution is 5.69. The molecule has 0 bridgehead atoms. The van der Waals surface area contributed by atoms with E-state index < -0.39 is 0 Å². The summed E-state index contributed by atoms with van der Waals surface area (Å²) in [6, 6.07) is 20.3. The van der Waals surface area contributed by atoms with Gasteiger partial charge < -0.3 is 14.5 Å². The number of benzene rings is 3. The van der Waals surface area contributed by atoms with Gasteiger partial charge in [-0.15, -0.1) is 0 Å². The van der Waals surface area contributed by atoms with E-state index in [2.05, 4.69) is 44.2 Å². The summed E-state index contributed by atoms with van der Waals surface area (Å²) in [5.74, 6) is 7.65. The Bertz CT molecular complexity index is 918. The minimum Gasteiger partial charge on any atom is -0.497 e. The molecule has 0 unspecified atom stereocenters. The molecular formula is C23H26N2O2. The summed E-state index contributed by atoms with van der Waals surface area (Å²) in [7, 11) is 3.51. The van der Waals surface area contributed by atoms with E-state index in [0.717, 1.165) is 39.4 Å². The SMILES string of the molecule is COc1ccc(-c2cc(OCc3c(C)cccc3N(C)N)ccc2C)cc1. The molecule has 0 saturated carbocycles. The molecule has 0 fully saturated rings. The first kappa shape index (κ1) is 18.8. The molecule has 0 atom stereocenters. The van der Waals surface area contributed by atoms with Gasteiger partial charge in [0.05, 0.1) is 12.8 Å². The number of nitrogens with two attached hydrogens (primary N) is 1. The van der Waals surface area contributed by atoms with Crippen molar-refractivity contribution in [2.75, 3.05) is 19.2 Å². The maximum absolute atomic E-state index is 6.12. The van der Waals surface area contributed by atoms with Gasteiger partial charge in [0.1, 0.15) is 18.1 Å². The van der Waals surface area contributed by atoms with Crippen LogP contribution in [-0.4, -0.2) is 14.2 Å². The second-order valence-electron chi connectivity index (χ2n) is 6.68. The number of anilines is 1. The summed E-state index contributed by atoms with van der Waals surface area (Å²) in [5, 5.41) is 1.63. The number of aryl methyl sites for hydroxylation is 2. The first-order valence-electron chi connectivity index (χ1n) is 8.94. The number of rotatable bonds is 6. The fourth-order valence-electron chi connectivity index (χ4n) is 3.13. The Hall–Kier alpha value is -2.98. The van der Waals surface area contributed by atoms with E-state index in [9.17, 15) is 0 Å². The highest BCUT2D eigenvalue weighted by atomic mass is 16.5. The van der Waals surface area contributed by atoms with Gasteiger partial charge in [0, 0.05) is 12.6 Å². The van der Waals surface area contributed by atoms with Crippen LogP contribution < -0.4 is 20.3 Å². The van der Waals surface area contributed by atoms with E-state index in [1.807, 2.05) is 37.4 Å². The lowest BCUT2D eigenvalue weighted by atomic mass is 10.00. The van der Waals surface area contributed by atoms with Crippen molar-refractivity contribution in [2.45, 2.75) is 20.5 Å². The standard InChI is InChI=1S/C23H26N2O2/c1-16-6-5-7-23(25(3)24)22(16)15-27-20-11-8-17(2)21(14-20)18-9-12-19(26-4)13-10-18/h5-14H,15,24H2,1-4H3. The van der Waals surface area contributed by atoms with Crippen LogP contribution in [0, 0.1) is 13.8 Å². The van der Waals surface area contributed by atoms with Crippen LogP contribution in [0.5, 0.6) is 11.5 Å². The molecule has 0 heterocycles. The lowest BCUT2D eigenvalue weighted by Gasteiger charge is -2.19. The van der Waals surface area contributed by atoms with Gasteiger partial charge >= 0.3 is 0 Å². The van der Waals surface area contributed by atoms with E-state index >= 15 is 0 Å². The van der Waals surface area contributed by atoms with Gasteiger partial charge in [0.2, 0.25) is 0 Å². The van der Waals surface area contributed by atoms with E-state index in [1.54, 1.807) is 12.1 Å². The molecule has 0 radical (unpaired) electrons. The Kier molecular flexibility index (Phi) is 5.67.